The number of piperidine rings is 1. The van der Waals surface area contributed by atoms with Crippen LogP contribution in [0.2, 0.25) is 5.02 Å². The summed E-state index contributed by atoms with van der Waals surface area (Å²) in [5.41, 5.74) is 1.64. The molecule has 28 heavy (non-hydrogen) atoms. The maximum Gasteiger partial charge on any atom is 0.139 e. The zero-order valence-electron chi connectivity index (χ0n) is 16.0. The van der Waals surface area contributed by atoms with Gasteiger partial charge in [0.1, 0.15) is 30.1 Å². The third kappa shape index (κ3) is 4.32. The van der Waals surface area contributed by atoms with Crippen molar-refractivity contribution in [1.82, 2.24) is 0 Å². The van der Waals surface area contributed by atoms with Crippen molar-refractivity contribution in [2.75, 3.05) is 38.7 Å². The third-order valence-corrected chi connectivity index (χ3v) is 6.17. The summed E-state index contributed by atoms with van der Waals surface area (Å²) in [6, 6.07) is 11.8. The van der Waals surface area contributed by atoms with Gasteiger partial charge in [0.15, 0.2) is 0 Å². The Morgan fingerprint density at radius 3 is 2.50 bits per heavy atom. The molecule has 1 aliphatic rings. The Bertz CT molecular complexity index is 973. The number of benzene rings is 2. The van der Waals surface area contributed by atoms with Gasteiger partial charge in [0.25, 0.3) is 0 Å². The number of allylic oxidation sites excluding steroid dienone is 1. The van der Waals surface area contributed by atoms with Crippen LogP contribution in [0.4, 0.5) is 0 Å². The summed E-state index contributed by atoms with van der Waals surface area (Å²) in [6.45, 7) is 5.20. The zero-order chi connectivity index (χ0) is 19.4. The first kappa shape index (κ1) is 19.6. The van der Waals surface area contributed by atoms with Crippen molar-refractivity contribution < 1.29 is 13.6 Å². The van der Waals surface area contributed by atoms with Crippen molar-refractivity contribution in [2.24, 2.45) is 0 Å². The van der Waals surface area contributed by atoms with Gasteiger partial charge < -0.3 is 13.6 Å². The van der Waals surface area contributed by atoms with E-state index < -0.39 is 0 Å². The lowest BCUT2D eigenvalue weighted by Crippen LogP contribution is -2.53. The van der Waals surface area contributed by atoms with Crippen LogP contribution in [0, 0.1) is 0 Å². The molecule has 0 unspecified atom stereocenters. The van der Waals surface area contributed by atoms with Crippen molar-refractivity contribution in [3.05, 3.63) is 53.6 Å². The summed E-state index contributed by atoms with van der Waals surface area (Å²) in [6.07, 6.45) is 8.21. The summed E-state index contributed by atoms with van der Waals surface area (Å²) in [5, 5.41) is 2.85. The number of quaternary nitrogens is 1. The number of rotatable bonds is 7. The van der Waals surface area contributed by atoms with Gasteiger partial charge in [-0.15, -0.1) is 11.6 Å². The van der Waals surface area contributed by atoms with Crippen LogP contribution in [-0.4, -0.2) is 43.1 Å². The van der Waals surface area contributed by atoms with E-state index in [4.69, 9.17) is 32.4 Å². The Balaban J connectivity index is 1.45. The molecular weight excluding hydrogens is 393 g/mol. The van der Waals surface area contributed by atoms with Gasteiger partial charge in [-0.25, -0.2) is 0 Å². The molecule has 0 atom stereocenters. The van der Waals surface area contributed by atoms with Gasteiger partial charge in [-0.1, -0.05) is 17.7 Å². The van der Waals surface area contributed by atoms with E-state index in [1.165, 1.54) is 32.4 Å². The molecule has 2 heterocycles. The lowest BCUT2D eigenvalue weighted by atomic mass is 10.1. The zero-order valence-corrected chi connectivity index (χ0v) is 17.5. The van der Waals surface area contributed by atoms with Crippen LogP contribution in [0.5, 0.6) is 5.75 Å². The molecule has 0 aliphatic carbocycles. The van der Waals surface area contributed by atoms with Crippen molar-refractivity contribution in [1.29, 1.82) is 0 Å². The molecule has 0 N–H and O–H groups in total. The lowest BCUT2D eigenvalue weighted by Gasteiger charge is -2.40. The molecule has 1 fully saturated rings. The maximum absolute atomic E-state index is 6.12. The highest BCUT2D eigenvalue weighted by molar-refractivity contribution is 6.31. The number of fused-ring (bicyclic) bond motifs is 3. The van der Waals surface area contributed by atoms with Crippen LogP contribution in [-0.2, 0) is 0 Å². The average molecular weight is 419 g/mol. The molecule has 1 aromatic heterocycles. The molecule has 3 aromatic rings. The molecule has 1 aliphatic heterocycles. The Kier molecular flexibility index (Phi) is 6.15. The predicted octanol–water partition coefficient (Wildman–Crippen LogP) is 6.41. The smallest absolute Gasteiger partial charge is 0.139 e. The van der Waals surface area contributed by atoms with E-state index in [-0.39, 0.29) is 0 Å². The second-order valence-corrected chi connectivity index (χ2v) is 8.38. The number of alkyl halides is 1. The van der Waals surface area contributed by atoms with E-state index in [0.29, 0.717) is 17.5 Å². The minimum atomic E-state index is 0.583. The summed E-state index contributed by atoms with van der Waals surface area (Å²) in [4.78, 5) is 0. The summed E-state index contributed by atoms with van der Waals surface area (Å²) in [5.74, 6) is 1.43. The number of nitrogens with zero attached hydrogens (tertiary/aromatic N) is 1. The first-order valence-electron chi connectivity index (χ1n) is 10.00. The van der Waals surface area contributed by atoms with Crippen molar-refractivity contribution in [3.63, 3.8) is 0 Å². The Morgan fingerprint density at radius 2 is 1.71 bits per heavy atom. The topological polar surface area (TPSA) is 22.4 Å². The SMILES string of the molecule is ClCC=CC[N+]1(CCOc2ccc3c(c2)oc2cc(Cl)ccc23)CCCCC1. The number of ether oxygens (including phenoxy) is 1. The van der Waals surface area contributed by atoms with Gasteiger partial charge in [-0.05, 0) is 49.6 Å². The van der Waals surface area contributed by atoms with E-state index in [9.17, 15) is 0 Å². The first-order chi connectivity index (χ1) is 13.7. The molecule has 148 valence electrons. The van der Waals surface area contributed by atoms with Crippen LogP contribution >= 0.6 is 23.2 Å². The van der Waals surface area contributed by atoms with Gasteiger partial charge in [0.2, 0.25) is 0 Å². The van der Waals surface area contributed by atoms with E-state index >= 15 is 0 Å². The van der Waals surface area contributed by atoms with E-state index in [1.807, 2.05) is 30.3 Å². The average Bonchev–Trinajstić information content (AvgIpc) is 3.05. The molecular formula is C23H26Cl2NO2+. The molecule has 5 heteroatoms. The Morgan fingerprint density at radius 1 is 0.964 bits per heavy atom. The number of furan rings is 1. The van der Waals surface area contributed by atoms with E-state index in [2.05, 4.69) is 18.2 Å². The van der Waals surface area contributed by atoms with Crippen LogP contribution in [0.25, 0.3) is 21.9 Å². The van der Waals surface area contributed by atoms with Gasteiger partial charge >= 0.3 is 0 Å². The quantitative estimate of drug-likeness (QED) is 0.251. The molecule has 0 amide bonds. The van der Waals surface area contributed by atoms with Gasteiger partial charge in [-0.2, -0.15) is 0 Å². The summed E-state index contributed by atoms with van der Waals surface area (Å²) < 4.78 is 13.2. The fourth-order valence-electron chi connectivity index (χ4n) is 4.22. The Labute approximate surface area is 176 Å². The highest BCUT2D eigenvalue weighted by atomic mass is 35.5. The normalized spacial score (nSPS) is 16.9. The second kappa shape index (κ2) is 8.77. The highest BCUT2D eigenvalue weighted by Gasteiger charge is 2.28. The fraction of sp³-hybridized carbons (Fsp3) is 0.391. The summed E-state index contributed by atoms with van der Waals surface area (Å²) >= 11 is 11.9. The molecule has 0 radical (unpaired) electrons. The van der Waals surface area contributed by atoms with Crippen LogP contribution < -0.4 is 4.74 Å². The van der Waals surface area contributed by atoms with E-state index in [1.54, 1.807) is 0 Å². The molecule has 0 saturated carbocycles. The van der Waals surface area contributed by atoms with Gasteiger partial charge in [0.05, 0.1) is 19.6 Å². The predicted molar refractivity (Wildman–Crippen MR) is 118 cm³/mol. The number of hydrogen-bond acceptors (Lipinski definition) is 2. The highest BCUT2D eigenvalue weighted by Crippen LogP contribution is 2.32. The minimum Gasteiger partial charge on any atom is -0.488 e. The van der Waals surface area contributed by atoms with Crippen molar-refractivity contribution in [3.8, 4) is 5.75 Å². The van der Waals surface area contributed by atoms with Crippen LogP contribution in [0.3, 0.4) is 0 Å². The van der Waals surface area contributed by atoms with Crippen molar-refractivity contribution >= 4 is 45.1 Å². The minimum absolute atomic E-state index is 0.583. The molecule has 3 nitrogen and oxygen atoms in total. The largest absolute Gasteiger partial charge is 0.488 e. The maximum atomic E-state index is 6.12. The fourth-order valence-corrected chi connectivity index (χ4v) is 4.51. The Hall–Kier alpha value is -1.68. The standard InChI is InChI=1S/C23H26Cl2NO2/c24-10-2-5-13-26(11-3-1-4-12-26)14-15-27-19-7-9-21-20-8-6-18(25)16-22(20)28-23(21)17-19/h2,5-9,16-17H,1,3-4,10-15H2/q+1. The van der Waals surface area contributed by atoms with Crippen LogP contribution in [0.15, 0.2) is 53.0 Å². The van der Waals surface area contributed by atoms with Crippen LogP contribution in [0.1, 0.15) is 19.3 Å². The lowest BCUT2D eigenvalue weighted by molar-refractivity contribution is -0.927. The van der Waals surface area contributed by atoms with Crippen molar-refractivity contribution in [2.45, 2.75) is 19.3 Å². The third-order valence-electron chi connectivity index (χ3n) is 5.75. The molecule has 0 spiro atoms. The monoisotopic (exact) mass is 418 g/mol. The molecule has 1 saturated heterocycles. The number of likely N-dealkylation sites (tertiary alicyclic amines) is 1. The summed E-state index contributed by atoms with van der Waals surface area (Å²) in [7, 11) is 0. The molecule has 4 rings (SSSR count). The van der Waals surface area contributed by atoms with E-state index in [0.717, 1.165) is 45.3 Å². The first-order valence-corrected chi connectivity index (χ1v) is 10.9. The van der Waals surface area contributed by atoms with Gasteiger partial charge in [0, 0.05) is 33.8 Å². The second-order valence-electron chi connectivity index (χ2n) is 7.63. The number of hydrogen-bond donors (Lipinski definition) is 0. The molecule has 0 bridgehead atoms. The van der Waals surface area contributed by atoms with Gasteiger partial charge in [-0.3, -0.25) is 0 Å². The molecule has 2 aromatic carbocycles. The number of halogens is 2.